The second kappa shape index (κ2) is 6.05. The molecule has 6 heteroatoms. The van der Waals surface area contributed by atoms with E-state index in [0.29, 0.717) is 24.1 Å². The van der Waals surface area contributed by atoms with Crippen LogP contribution >= 0.6 is 23.4 Å². The van der Waals surface area contributed by atoms with E-state index in [2.05, 4.69) is 10.2 Å². The van der Waals surface area contributed by atoms with E-state index in [1.54, 1.807) is 0 Å². The molecule has 0 bridgehead atoms. The van der Waals surface area contributed by atoms with E-state index in [4.69, 9.17) is 21.8 Å². The summed E-state index contributed by atoms with van der Waals surface area (Å²) in [5.41, 5.74) is 6.49. The zero-order valence-electron chi connectivity index (χ0n) is 9.10. The molecule has 2 rings (SSSR count). The van der Waals surface area contributed by atoms with Gasteiger partial charge >= 0.3 is 0 Å². The van der Waals surface area contributed by atoms with Crippen molar-refractivity contribution in [2.24, 2.45) is 5.73 Å². The summed E-state index contributed by atoms with van der Waals surface area (Å²) in [5.74, 6) is 1.38. The lowest BCUT2D eigenvalue weighted by atomic mass is 10.1. The van der Waals surface area contributed by atoms with Crippen LogP contribution in [0.3, 0.4) is 0 Å². The number of nitrogens with two attached hydrogens (primary N) is 1. The number of benzene rings is 1. The average Bonchev–Trinajstić information content (AvgIpc) is 2.77. The Kier molecular flexibility index (Phi) is 4.42. The Morgan fingerprint density at radius 1 is 1.24 bits per heavy atom. The molecule has 0 amide bonds. The van der Waals surface area contributed by atoms with Gasteiger partial charge in [-0.05, 0) is 17.7 Å². The predicted molar refractivity (Wildman–Crippen MR) is 68.3 cm³/mol. The van der Waals surface area contributed by atoms with Crippen LogP contribution in [0.25, 0.3) is 0 Å². The lowest BCUT2D eigenvalue weighted by molar-refractivity contribution is 0.420. The third-order valence-electron chi connectivity index (χ3n) is 2.06. The summed E-state index contributed by atoms with van der Waals surface area (Å²) in [6, 6.07) is 7.58. The van der Waals surface area contributed by atoms with Gasteiger partial charge in [-0.15, -0.1) is 10.2 Å². The topological polar surface area (TPSA) is 64.9 Å². The number of thioether (sulfide) groups is 1. The smallest absolute Gasteiger partial charge is 0.276 e. The summed E-state index contributed by atoms with van der Waals surface area (Å²) in [7, 11) is 0. The minimum absolute atomic E-state index is 0.569. The number of nitrogens with zero attached hydrogens (tertiary/aromatic N) is 2. The first-order valence-corrected chi connectivity index (χ1v) is 6.54. The Bertz CT molecular complexity index is 472. The monoisotopic (exact) mass is 269 g/mol. The lowest BCUT2D eigenvalue weighted by Crippen LogP contribution is -2.00. The maximum Gasteiger partial charge on any atom is 0.276 e. The quantitative estimate of drug-likeness (QED) is 0.844. The van der Waals surface area contributed by atoms with E-state index in [1.165, 1.54) is 11.8 Å². The SMILES string of the molecule is NCCSc1nnc(Cc2ccc(Cl)cc2)o1. The van der Waals surface area contributed by atoms with Crippen molar-refractivity contribution in [3.05, 3.63) is 40.7 Å². The first kappa shape index (κ1) is 12.4. The molecule has 0 atom stereocenters. The Morgan fingerprint density at radius 2 is 2.00 bits per heavy atom. The molecule has 0 spiro atoms. The third kappa shape index (κ3) is 3.73. The molecule has 0 saturated heterocycles. The van der Waals surface area contributed by atoms with Gasteiger partial charge in [-0.3, -0.25) is 0 Å². The number of aromatic nitrogens is 2. The molecule has 1 aromatic carbocycles. The molecule has 2 N–H and O–H groups in total. The maximum atomic E-state index is 5.81. The Labute approximate surface area is 109 Å². The molecule has 0 fully saturated rings. The van der Waals surface area contributed by atoms with Gasteiger partial charge in [0.2, 0.25) is 5.89 Å². The van der Waals surface area contributed by atoms with E-state index in [-0.39, 0.29) is 0 Å². The highest BCUT2D eigenvalue weighted by Gasteiger charge is 2.06. The minimum atomic E-state index is 0.569. The predicted octanol–water partition coefficient (Wildman–Crippen LogP) is 2.36. The third-order valence-corrected chi connectivity index (χ3v) is 3.16. The van der Waals surface area contributed by atoms with Gasteiger partial charge in [-0.25, -0.2) is 0 Å². The molecule has 0 radical (unpaired) electrons. The van der Waals surface area contributed by atoms with Crippen molar-refractivity contribution in [3.63, 3.8) is 0 Å². The molecule has 0 aliphatic rings. The highest BCUT2D eigenvalue weighted by atomic mass is 35.5. The van der Waals surface area contributed by atoms with E-state index >= 15 is 0 Å². The zero-order valence-corrected chi connectivity index (χ0v) is 10.7. The Balaban J connectivity index is 1.98. The molecular formula is C11H12ClN3OS. The normalized spacial score (nSPS) is 10.7. The molecule has 0 unspecified atom stereocenters. The number of rotatable bonds is 5. The molecule has 2 aromatic rings. The van der Waals surface area contributed by atoms with Gasteiger partial charge in [0.25, 0.3) is 5.22 Å². The molecule has 90 valence electrons. The molecule has 0 aliphatic heterocycles. The molecular weight excluding hydrogens is 258 g/mol. The standard InChI is InChI=1S/C11H12ClN3OS/c12-9-3-1-8(2-4-9)7-10-14-15-11(16-10)17-6-5-13/h1-4H,5-7,13H2. The second-order valence-corrected chi connectivity index (χ2v) is 4.88. The number of halogens is 1. The minimum Gasteiger partial charge on any atom is -0.416 e. The van der Waals surface area contributed by atoms with Gasteiger partial charge in [0.05, 0.1) is 6.42 Å². The summed E-state index contributed by atoms with van der Waals surface area (Å²) in [4.78, 5) is 0. The van der Waals surface area contributed by atoms with Crippen LogP contribution in [0.4, 0.5) is 0 Å². The molecule has 1 aromatic heterocycles. The fraction of sp³-hybridized carbons (Fsp3) is 0.273. The van der Waals surface area contributed by atoms with Crippen LogP contribution in [0, 0.1) is 0 Å². The molecule has 1 heterocycles. The summed E-state index contributed by atoms with van der Waals surface area (Å²) in [5, 5.41) is 9.20. The zero-order chi connectivity index (χ0) is 12.1. The van der Waals surface area contributed by atoms with Gasteiger partial charge in [-0.1, -0.05) is 35.5 Å². The van der Waals surface area contributed by atoms with E-state index < -0.39 is 0 Å². The maximum absolute atomic E-state index is 5.81. The first-order chi connectivity index (χ1) is 8.28. The van der Waals surface area contributed by atoms with Gasteiger partial charge < -0.3 is 10.2 Å². The lowest BCUT2D eigenvalue weighted by Gasteiger charge is -1.96. The largest absolute Gasteiger partial charge is 0.416 e. The van der Waals surface area contributed by atoms with Gasteiger partial charge in [0.1, 0.15) is 0 Å². The summed E-state index contributed by atoms with van der Waals surface area (Å²) in [6.45, 7) is 0.597. The average molecular weight is 270 g/mol. The summed E-state index contributed by atoms with van der Waals surface area (Å²) >= 11 is 7.28. The number of hydrogen-bond donors (Lipinski definition) is 1. The van der Waals surface area contributed by atoms with Crippen LogP contribution < -0.4 is 5.73 Å². The van der Waals surface area contributed by atoms with Crippen LogP contribution in [0.2, 0.25) is 5.02 Å². The molecule has 0 saturated carbocycles. The molecule has 17 heavy (non-hydrogen) atoms. The second-order valence-electron chi connectivity index (χ2n) is 3.40. The fourth-order valence-corrected chi connectivity index (χ4v) is 1.96. The first-order valence-electron chi connectivity index (χ1n) is 5.17. The summed E-state index contributed by atoms with van der Waals surface area (Å²) < 4.78 is 5.47. The van der Waals surface area contributed by atoms with Crippen molar-refractivity contribution >= 4 is 23.4 Å². The Morgan fingerprint density at radius 3 is 2.71 bits per heavy atom. The van der Waals surface area contributed by atoms with Gasteiger partial charge in [0.15, 0.2) is 0 Å². The van der Waals surface area contributed by atoms with Gasteiger partial charge in [-0.2, -0.15) is 0 Å². The van der Waals surface area contributed by atoms with Crippen molar-refractivity contribution in [2.75, 3.05) is 12.3 Å². The van der Waals surface area contributed by atoms with Crippen molar-refractivity contribution in [2.45, 2.75) is 11.6 Å². The van der Waals surface area contributed by atoms with Crippen molar-refractivity contribution < 1.29 is 4.42 Å². The van der Waals surface area contributed by atoms with Crippen LogP contribution in [0.5, 0.6) is 0 Å². The van der Waals surface area contributed by atoms with Crippen molar-refractivity contribution in [1.82, 2.24) is 10.2 Å². The van der Waals surface area contributed by atoms with Crippen LogP contribution in [0.15, 0.2) is 33.9 Å². The molecule has 4 nitrogen and oxygen atoms in total. The highest BCUT2D eigenvalue weighted by molar-refractivity contribution is 7.99. The molecule has 0 aliphatic carbocycles. The fourth-order valence-electron chi connectivity index (χ4n) is 1.29. The number of hydrogen-bond acceptors (Lipinski definition) is 5. The van der Waals surface area contributed by atoms with Gasteiger partial charge in [0, 0.05) is 17.3 Å². The van der Waals surface area contributed by atoms with Crippen LogP contribution in [-0.4, -0.2) is 22.5 Å². The van der Waals surface area contributed by atoms with Crippen LogP contribution in [0.1, 0.15) is 11.5 Å². The van der Waals surface area contributed by atoms with E-state index in [9.17, 15) is 0 Å². The van der Waals surface area contributed by atoms with Crippen molar-refractivity contribution in [1.29, 1.82) is 0 Å². The Hall–Kier alpha value is -1.04. The van der Waals surface area contributed by atoms with E-state index in [0.717, 1.165) is 16.3 Å². The highest BCUT2D eigenvalue weighted by Crippen LogP contribution is 2.17. The summed E-state index contributed by atoms with van der Waals surface area (Å²) in [6.07, 6.45) is 0.618. The van der Waals surface area contributed by atoms with Crippen LogP contribution in [-0.2, 0) is 6.42 Å². The van der Waals surface area contributed by atoms with Crippen molar-refractivity contribution in [3.8, 4) is 0 Å². The van der Waals surface area contributed by atoms with E-state index in [1.807, 2.05) is 24.3 Å².